The van der Waals surface area contributed by atoms with Crippen LogP contribution in [0.2, 0.25) is 0 Å². The standard InChI is InChI=1S/C14H18N4O/c1-15-12-7-8-18(9-12)10-13-16-17-14(19-13)11-5-3-2-4-6-11/h2-6,12,15H,7-10H2,1H3. The van der Waals surface area contributed by atoms with Crippen molar-refractivity contribution in [3.8, 4) is 11.5 Å². The van der Waals surface area contributed by atoms with Crippen LogP contribution in [0.4, 0.5) is 0 Å². The molecule has 19 heavy (non-hydrogen) atoms. The third-order valence-electron chi connectivity index (χ3n) is 3.53. The van der Waals surface area contributed by atoms with Gasteiger partial charge in [-0.05, 0) is 25.6 Å². The fourth-order valence-electron chi connectivity index (χ4n) is 2.42. The third-order valence-corrected chi connectivity index (χ3v) is 3.53. The molecule has 0 spiro atoms. The summed E-state index contributed by atoms with van der Waals surface area (Å²) in [6.07, 6.45) is 1.18. The monoisotopic (exact) mass is 258 g/mol. The Balaban J connectivity index is 1.66. The van der Waals surface area contributed by atoms with Gasteiger partial charge < -0.3 is 9.73 Å². The van der Waals surface area contributed by atoms with Gasteiger partial charge in [-0.3, -0.25) is 4.90 Å². The Morgan fingerprint density at radius 3 is 2.89 bits per heavy atom. The lowest BCUT2D eigenvalue weighted by molar-refractivity contribution is 0.286. The second-order valence-electron chi connectivity index (χ2n) is 4.88. The molecule has 0 aliphatic carbocycles. The summed E-state index contributed by atoms with van der Waals surface area (Å²) in [7, 11) is 2.01. The van der Waals surface area contributed by atoms with E-state index in [1.54, 1.807) is 0 Å². The molecule has 0 amide bonds. The van der Waals surface area contributed by atoms with E-state index in [2.05, 4.69) is 20.4 Å². The SMILES string of the molecule is CNC1CCN(Cc2nnc(-c3ccccc3)o2)C1. The van der Waals surface area contributed by atoms with Crippen molar-refractivity contribution in [2.75, 3.05) is 20.1 Å². The van der Waals surface area contributed by atoms with Crippen LogP contribution in [0.25, 0.3) is 11.5 Å². The maximum absolute atomic E-state index is 5.72. The lowest BCUT2D eigenvalue weighted by Crippen LogP contribution is -2.29. The van der Waals surface area contributed by atoms with Crippen LogP contribution in [0.1, 0.15) is 12.3 Å². The topological polar surface area (TPSA) is 54.2 Å². The smallest absolute Gasteiger partial charge is 0.247 e. The van der Waals surface area contributed by atoms with Gasteiger partial charge in [0.25, 0.3) is 0 Å². The van der Waals surface area contributed by atoms with Gasteiger partial charge in [0.2, 0.25) is 11.8 Å². The highest BCUT2D eigenvalue weighted by molar-refractivity contribution is 5.51. The van der Waals surface area contributed by atoms with Gasteiger partial charge in [0.1, 0.15) is 0 Å². The molecule has 0 saturated carbocycles. The Kier molecular flexibility index (Phi) is 3.57. The van der Waals surface area contributed by atoms with E-state index in [0.29, 0.717) is 17.8 Å². The largest absolute Gasteiger partial charge is 0.419 e. The van der Waals surface area contributed by atoms with Crippen LogP contribution >= 0.6 is 0 Å². The Morgan fingerprint density at radius 2 is 2.16 bits per heavy atom. The highest BCUT2D eigenvalue weighted by atomic mass is 16.4. The van der Waals surface area contributed by atoms with Gasteiger partial charge in [-0.15, -0.1) is 10.2 Å². The summed E-state index contributed by atoms with van der Waals surface area (Å²) in [6.45, 7) is 2.85. The number of likely N-dealkylation sites (N-methyl/N-ethyl adjacent to an activating group) is 1. The van der Waals surface area contributed by atoms with Crippen molar-refractivity contribution in [2.45, 2.75) is 19.0 Å². The molecule has 1 fully saturated rings. The van der Waals surface area contributed by atoms with E-state index in [9.17, 15) is 0 Å². The van der Waals surface area contributed by atoms with Crippen LogP contribution in [0.3, 0.4) is 0 Å². The van der Waals surface area contributed by atoms with Crippen LogP contribution in [-0.2, 0) is 6.54 Å². The van der Waals surface area contributed by atoms with E-state index in [1.165, 1.54) is 6.42 Å². The second kappa shape index (κ2) is 5.50. The predicted octanol–water partition coefficient (Wildman–Crippen LogP) is 1.53. The summed E-state index contributed by atoms with van der Waals surface area (Å²) in [4.78, 5) is 2.34. The van der Waals surface area contributed by atoms with Crippen molar-refractivity contribution in [1.29, 1.82) is 0 Å². The van der Waals surface area contributed by atoms with E-state index in [4.69, 9.17) is 4.42 Å². The first-order valence-corrected chi connectivity index (χ1v) is 6.62. The van der Waals surface area contributed by atoms with Crippen LogP contribution < -0.4 is 5.32 Å². The molecule has 2 aromatic rings. The molecule has 1 aliphatic rings. The van der Waals surface area contributed by atoms with Gasteiger partial charge in [-0.2, -0.15) is 0 Å². The van der Waals surface area contributed by atoms with Gasteiger partial charge >= 0.3 is 0 Å². The molecule has 5 nitrogen and oxygen atoms in total. The van der Waals surface area contributed by atoms with Gasteiger partial charge in [0, 0.05) is 24.7 Å². The molecule has 1 aromatic carbocycles. The quantitative estimate of drug-likeness (QED) is 0.901. The molecular weight excluding hydrogens is 240 g/mol. The molecule has 2 heterocycles. The molecular formula is C14H18N4O. The normalized spacial score (nSPS) is 19.9. The fraction of sp³-hybridized carbons (Fsp3) is 0.429. The summed E-state index contributed by atoms with van der Waals surface area (Å²) < 4.78 is 5.72. The lowest BCUT2D eigenvalue weighted by Gasteiger charge is -2.12. The molecule has 1 N–H and O–H groups in total. The number of hydrogen-bond donors (Lipinski definition) is 1. The van der Waals surface area contributed by atoms with E-state index in [0.717, 1.165) is 25.2 Å². The van der Waals surface area contributed by atoms with Gasteiger partial charge in [-0.25, -0.2) is 0 Å². The molecule has 0 bridgehead atoms. The summed E-state index contributed by atoms with van der Waals surface area (Å²) in [5, 5.41) is 11.5. The highest BCUT2D eigenvalue weighted by Crippen LogP contribution is 2.19. The Morgan fingerprint density at radius 1 is 1.32 bits per heavy atom. The van der Waals surface area contributed by atoms with Crippen LogP contribution in [0, 0.1) is 0 Å². The van der Waals surface area contributed by atoms with Crippen molar-refractivity contribution < 1.29 is 4.42 Å². The zero-order valence-corrected chi connectivity index (χ0v) is 11.0. The maximum Gasteiger partial charge on any atom is 0.247 e. The summed E-state index contributed by atoms with van der Waals surface area (Å²) >= 11 is 0. The molecule has 1 aromatic heterocycles. The number of aromatic nitrogens is 2. The van der Waals surface area contributed by atoms with Crippen LogP contribution in [-0.4, -0.2) is 41.3 Å². The summed E-state index contributed by atoms with van der Waals surface area (Å²) in [5.41, 5.74) is 0.968. The summed E-state index contributed by atoms with van der Waals surface area (Å²) in [5.74, 6) is 1.29. The van der Waals surface area contributed by atoms with Crippen molar-refractivity contribution in [3.63, 3.8) is 0 Å². The van der Waals surface area contributed by atoms with Gasteiger partial charge in [-0.1, -0.05) is 18.2 Å². The molecule has 1 aliphatic heterocycles. The van der Waals surface area contributed by atoms with E-state index >= 15 is 0 Å². The molecule has 3 rings (SSSR count). The lowest BCUT2D eigenvalue weighted by atomic mass is 10.2. The number of rotatable bonds is 4. The minimum absolute atomic E-state index is 0.580. The molecule has 0 radical (unpaired) electrons. The molecule has 1 saturated heterocycles. The molecule has 1 atom stereocenters. The Hall–Kier alpha value is -1.72. The summed E-state index contributed by atoms with van der Waals surface area (Å²) in [6, 6.07) is 10.4. The Labute approximate surface area is 112 Å². The van der Waals surface area contributed by atoms with Gasteiger partial charge in [0.05, 0.1) is 6.54 Å². The molecule has 100 valence electrons. The first-order valence-electron chi connectivity index (χ1n) is 6.62. The van der Waals surface area contributed by atoms with E-state index in [-0.39, 0.29) is 0 Å². The van der Waals surface area contributed by atoms with E-state index < -0.39 is 0 Å². The van der Waals surface area contributed by atoms with Crippen molar-refractivity contribution in [1.82, 2.24) is 20.4 Å². The average Bonchev–Trinajstić information content (AvgIpc) is 3.09. The van der Waals surface area contributed by atoms with Crippen LogP contribution in [0.5, 0.6) is 0 Å². The van der Waals surface area contributed by atoms with Crippen molar-refractivity contribution in [2.24, 2.45) is 0 Å². The minimum Gasteiger partial charge on any atom is -0.419 e. The van der Waals surface area contributed by atoms with E-state index in [1.807, 2.05) is 37.4 Å². The van der Waals surface area contributed by atoms with Crippen molar-refractivity contribution in [3.05, 3.63) is 36.2 Å². The maximum atomic E-state index is 5.72. The fourth-order valence-corrected chi connectivity index (χ4v) is 2.42. The second-order valence-corrected chi connectivity index (χ2v) is 4.88. The zero-order chi connectivity index (χ0) is 13.1. The zero-order valence-electron chi connectivity index (χ0n) is 11.0. The average molecular weight is 258 g/mol. The number of benzene rings is 1. The first kappa shape index (κ1) is 12.3. The van der Waals surface area contributed by atoms with Crippen molar-refractivity contribution >= 4 is 0 Å². The minimum atomic E-state index is 0.580. The Bertz CT molecular complexity index is 525. The number of nitrogens with zero attached hydrogens (tertiary/aromatic N) is 3. The predicted molar refractivity (Wildman–Crippen MR) is 72.5 cm³/mol. The highest BCUT2D eigenvalue weighted by Gasteiger charge is 2.22. The number of hydrogen-bond acceptors (Lipinski definition) is 5. The molecule has 1 unspecified atom stereocenters. The first-order chi connectivity index (χ1) is 9.35. The molecule has 5 heteroatoms. The van der Waals surface area contributed by atoms with Gasteiger partial charge in [0.15, 0.2) is 0 Å². The number of nitrogens with one attached hydrogen (secondary N) is 1. The third kappa shape index (κ3) is 2.83. The van der Waals surface area contributed by atoms with Crippen LogP contribution in [0.15, 0.2) is 34.7 Å². The number of likely N-dealkylation sites (tertiary alicyclic amines) is 1.